The van der Waals surface area contributed by atoms with Crippen LogP contribution in [-0.2, 0) is 0 Å². The average Bonchev–Trinajstić information content (AvgIpc) is 2.46. The zero-order valence-electron chi connectivity index (χ0n) is 11.8. The fourth-order valence-corrected chi connectivity index (χ4v) is 2.53. The summed E-state index contributed by atoms with van der Waals surface area (Å²) in [7, 11) is 1.76. The Hall–Kier alpha value is -1.95. The van der Waals surface area contributed by atoms with Gasteiger partial charge in [-0.3, -0.25) is 14.9 Å². The topological polar surface area (TPSA) is 75.5 Å². The second-order valence-electron chi connectivity index (χ2n) is 5.23. The maximum absolute atomic E-state index is 12.4. The monoisotopic (exact) mass is 277 g/mol. The Morgan fingerprint density at radius 1 is 1.45 bits per heavy atom. The van der Waals surface area contributed by atoms with E-state index in [1.807, 2.05) is 0 Å². The molecular weight excluding hydrogens is 258 g/mol. The number of nitrogens with one attached hydrogen (secondary N) is 1. The highest BCUT2D eigenvalue weighted by atomic mass is 16.6. The molecule has 1 N–H and O–H groups in total. The number of nitrogens with zero attached hydrogens (tertiary/aromatic N) is 2. The van der Waals surface area contributed by atoms with Gasteiger partial charge in [-0.25, -0.2) is 0 Å². The van der Waals surface area contributed by atoms with Crippen molar-refractivity contribution in [3.05, 3.63) is 39.4 Å². The maximum Gasteiger partial charge on any atom is 0.270 e. The minimum atomic E-state index is -0.466. The van der Waals surface area contributed by atoms with Crippen LogP contribution in [0.1, 0.15) is 28.8 Å². The second kappa shape index (κ2) is 6.00. The van der Waals surface area contributed by atoms with Crippen molar-refractivity contribution >= 4 is 11.6 Å². The van der Waals surface area contributed by atoms with Crippen LogP contribution in [0.25, 0.3) is 0 Å². The SMILES string of the molecule is Cc1cc(C(=O)N(C)C2CCCNC2)cc([N+](=O)[O-])c1. The van der Waals surface area contributed by atoms with Gasteiger partial charge in [-0.2, -0.15) is 0 Å². The van der Waals surface area contributed by atoms with Gasteiger partial charge in [-0.05, 0) is 37.9 Å². The number of amides is 1. The Balaban J connectivity index is 2.21. The Labute approximate surface area is 117 Å². The summed E-state index contributed by atoms with van der Waals surface area (Å²) >= 11 is 0. The molecule has 0 aliphatic carbocycles. The van der Waals surface area contributed by atoms with Crippen LogP contribution in [0.15, 0.2) is 18.2 Å². The molecule has 1 aromatic carbocycles. The summed E-state index contributed by atoms with van der Waals surface area (Å²) in [6, 6.07) is 4.67. The smallest absolute Gasteiger partial charge is 0.270 e. The van der Waals surface area contributed by atoms with Crippen LogP contribution in [-0.4, -0.2) is 41.9 Å². The van der Waals surface area contributed by atoms with E-state index in [1.54, 1.807) is 24.9 Å². The largest absolute Gasteiger partial charge is 0.337 e. The van der Waals surface area contributed by atoms with E-state index >= 15 is 0 Å². The highest BCUT2D eigenvalue weighted by Gasteiger charge is 2.24. The molecule has 0 aromatic heterocycles. The maximum atomic E-state index is 12.4. The molecule has 1 unspecified atom stereocenters. The van der Waals surface area contributed by atoms with Gasteiger partial charge in [0.25, 0.3) is 11.6 Å². The van der Waals surface area contributed by atoms with Crippen molar-refractivity contribution in [1.82, 2.24) is 10.2 Å². The number of carbonyl (C=O) groups is 1. The number of benzene rings is 1. The molecule has 0 bridgehead atoms. The molecule has 1 aromatic rings. The molecule has 1 amide bonds. The fourth-order valence-electron chi connectivity index (χ4n) is 2.53. The third-order valence-electron chi connectivity index (χ3n) is 3.66. The van der Waals surface area contributed by atoms with Crippen molar-refractivity contribution < 1.29 is 9.72 Å². The summed E-state index contributed by atoms with van der Waals surface area (Å²) in [6.07, 6.45) is 2.00. The van der Waals surface area contributed by atoms with Crippen LogP contribution in [0.3, 0.4) is 0 Å². The van der Waals surface area contributed by atoms with Crippen molar-refractivity contribution in [1.29, 1.82) is 0 Å². The number of aryl methyl sites for hydroxylation is 1. The lowest BCUT2D eigenvalue weighted by Crippen LogP contribution is -2.46. The molecule has 6 nitrogen and oxygen atoms in total. The van der Waals surface area contributed by atoms with Crippen LogP contribution in [0.4, 0.5) is 5.69 Å². The molecule has 1 saturated heterocycles. The molecule has 1 aliphatic heterocycles. The lowest BCUT2D eigenvalue weighted by molar-refractivity contribution is -0.384. The van der Waals surface area contributed by atoms with Gasteiger partial charge in [0.05, 0.1) is 4.92 Å². The zero-order chi connectivity index (χ0) is 14.7. The molecule has 1 heterocycles. The molecule has 0 saturated carbocycles. The highest BCUT2D eigenvalue weighted by Crippen LogP contribution is 2.19. The first kappa shape index (κ1) is 14.5. The summed E-state index contributed by atoms with van der Waals surface area (Å²) in [5, 5.41) is 14.1. The summed E-state index contributed by atoms with van der Waals surface area (Å²) < 4.78 is 0. The number of carbonyl (C=O) groups excluding carboxylic acids is 1. The van der Waals surface area contributed by atoms with Gasteiger partial charge in [0.1, 0.15) is 0 Å². The molecular formula is C14H19N3O3. The van der Waals surface area contributed by atoms with Crippen LogP contribution in [0.5, 0.6) is 0 Å². The van der Waals surface area contributed by atoms with Crippen molar-refractivity contribution in [2.75, 3.05) is 20.1 Å². The van der Waals surface area contributed by atoms with Crippen LogP contribution in [0, 0.1) is 17.0 Å². The van der Waals surface area contributed by atoms with Crippen molar-refractivity contribution in [2.24, 2.45) is 0 Å². The van der Waals surface area contributed by atoms with Crippen molar-refractivity contribution in [3.8, 4) is 0 Å². The van der Waals surface area contributed by atoms with Gasteiger partial charge in [0, 0.05) is 37.3 Å². The second-order valence-corrected chi connectivity index (χ2v) is 5.23. The number of hydrogen-bond donors (Lipinski definition) is 1. The van der Waals surface area contributed by atoms with Gasteiger partial charge in [-0.15, -0.1) is 0 Å². The molecule has 0 radical (unpaired) electrons. The number of piperidine rings is 1. The van der Waals surface area contributed by atoms with E-state index in [1.165, 1.54) is 12.1 Å². The van der Waals surface area contributed by atoms with E-state index in [0.29, 0.717) is 5.56 Å². The van der Waals surface area contributed by atoms with E-state index in [9.17, 15) is 14.9 Å². The Kier molecular flexibility index (Phi) is 4.34. The molecule has 108 valence electrons. The Bertz CT molecular complexity index is 524. The lowest BCUT2D eigenvalue weighted by Gasteiger charge is -2.31. The van der Waals surface area contributed by atoms with E-state index in [-0.39, 0.29) is 17.6 Å². The standard InChI is InChI=1S/C14H19N3O3/c1-10-6-11(8-13(7-10)17(19)20)14(18)16(2)12-4-3-5-15-9-12/h6-8,12,15H,3-5,9H2,1-2H3. The zero-order valence-corrected chi connectivity index (χ0v) is 11.8. The van der Waals surface area contributed by atoms with E-state index in [0.717, 1.165) is 31.5 Å². The minimum Gasteiger partial charge on any atom is -0.337 e. The summed E-state index contributed by atoms with van der Waals surface area (Å²) in [5.74, 6) is -0.162. The summed E-state index contributed by atoms with van der Waals surface area (Å²) in [5.41, 5.74) is 1.06. The van der Waals surface area contributed by atoms with Gasteiger partial charge < -0.3 is 10.2 Å². The first-order chi connectivity index (χ1) is 9.49. The number of hydrogen-bond acceptors (Lipinski definition) is 4. The van der Waals surface area contributed by atoms with Crippen LogP contribution < -0.4 is 5.32 Å². The average molecular weight is 277 g/mol. The van der Waals surface area contributed by atoms with E-state index < -0.39 is 4.92 Å². The van der Waals surface area contributed by atoms with Gasteiger partial charge in [0.15, 0.2) is 0 Å². The third-order valence-corrected chi connectivity index (χ3v) is 3.66. The first-order valence-electron chi connectivity index (χ1n) is 6.73. The first-order valence-corrected chi connectivity index (χ1v) is 6.73. The van der Waals surface area contributed by atoms with Gasteiger partial charge in [-0.1, -0.05) is 0 Å². The highest BCUT2D eigenvalue weighted by molar-refractivity contribution is 5.95. The van der Waals surface area contributed by atoms with Crippen molar-refractivity contribution in [3.63, 3.8) is 0 Å². The number of non-ortho nitro benzene ring substituents is 1. The lowest BCUT2D eigenvalue weighted by atomic mass is 10.0. The summed E-state index contributed by atoms with van der Waals surface area (Å²) in [4.78, 5) is 24.5. The van der Waals surface area contributed by atoms with E-state index in [2.05, 4.69) is 5.32 Å². The number of rotatable bonds is 3. The molecule has 1 atom stereocenters. The van der Waals surface area contributed by atoms with Crippen LogP contribution in [0.2, 0.25) is 0 Å². The predicted molar refractivity (Wildman–Crippen MR) is 75.8 cm³/mol. The molecule has 6 heteroatoms. The Morgan fingerprint density at radius 3 is 2.80 bits per heavy atom. The normalized spacial score (nSPS) is 18.6. The van der Waals surface area contributed by atoms with Crippen molar-refractivity contribution in [2.45, 2.75) is 25.8 Å². The quantitative estimate of drug-likeness (QED) is 0.674. The third kappa shape index (κ3) is 3.14. The molecule has 2 rings (SSSR count). The number of nitro benzene ring substituents is 1. The van der Waals surface area contributed by atoms with Crippen LogP contribution >= 0.6 is 0 Å². The van der Waals surface area contributed by atoms with Gasteiger partial charge >= 0.3 is 0 Å². The fraction of sp³-hybridized carbons (Fsp3) is 0.500. The Morgan fingerprint density at radius 2 is 2.20 bits per heavy atom. The number of likely N-dealkylation sites (N-methyl/N-ethyl adjacent to an activating group) is 1. The minimum absolute atomic E-state index is 0.0384. The molecule has 1 aliphatic rings. The molecule has 0 spiro atoms. The molecule has 20 heavy (non-hydrogen) atoms. The number of nitro groups is 1. The van der Waals surface area contributed by atoms with E-state index in [4.69, 9.17) is 0 Å². The molecule has 1 fully saturated rings. The summed E-state index contributed by atoms with van der Waals surface area (Å²) in [6.45, 7) is 3.51. The predicted octanol–water partition coefficient (Wildman–Crippen LogP) is 1.73. The van der Waals surface area contributed by atoms with Gasteiger partial charge in [0.2, 0.25) is 0 Å².